The Bertz CT molecular complexity index is 812. The minimum absolute atomic E-state index is 0.743. The summed E-state index contributed by atoms with van der Waals surface area (Å²) in [5, 5.41) is 0.743. The van der Waals surface area contributed by atoms with Crippen LogP contribution in [0.1, 0.15) is 17.0 Å². The van der Waals surface area contributed by atoms with E-state index in [2.05, 4.69) is 35.9 Å². The van der Waals surface area contributed by atoms with Crippen LogP contribution < -0.4 is 0 Å². The van der Waals surface area contributed by atoms with E-state index in [1.807, 2.05) is 32.9 Å². The molecule has 3 aromatic heterocycles. The first-order valence-corrected chi connectivity index (χ1v) is 8.05. The Morgan fingerprint density at radius 1 is 1.05 bits per heavy atom. The molecule has 0 aromatic carbocycles. The highest BCUT2D eigenvalue weighted by atomic mass is 79.9. The van der Waals surface area contributed by atoms with Gasteiger partial charge in [0, 0.05) is 33.1 Å². The van der Waals surface area contributed by atoms with E-state index < -0.39 is 0 Å². The number of fused-ring (bicyclic) bond motifs is 1. The Kier molecular flexibility index (Phi) is 3.91. The number of aryl methyl sites for hydroxylation is 2. The van der Waals surface area contributed by atoms with E-state index in [0.29, 0.717) is 0 Å². The third-order valence-electron chi connectivity index (χ3n) is 3.32. The number of hydrogen-bond acceptors (Lipinski definition) is 5. The van der Waals surface area contributed by atoms with Crippen LogP contribution in [0, 0.1) is 20.8 Å². The second-order valence-electron chi connectivity index (χ2n) is 4.73. The second-order valence-corrected chi connectivity index (χ2v) is 6.66. The lowest BCUT2D eigenvalue weighted by Gasteiger charge is -2.08. The maximum absolute atomic E-state index is 4.55. The molecular weight excluding hydrogens is 348 g/mol. The molecule has 4 nitrogen and oxygen atoms in total. The van der Waals surface area contributed by atoms with Crippen LogP contribution >= 0.6 is 27.7 Å². The van der Waals surface area contributed by atoms with Gasteiger partial charge in [0.05, 0.1) is 5.52 Å². The van der Waals surface area contributed by atoms with Crippen molar-refractivity contribution < 1.29 is 0 Å². The lowest BCUT2D eigenvalue weighted by atomic mass is 10.2. The number of nitrogens with zero attached hydrogens (tertiary/aromatic N) is 4. The molecule has 0 fully saturated rings. The Morgan fingerprint density at radius 3 is 2.48 bits per heavy atom. The molecule has 0 radical (unpaired) electrons. The first-order chi connectivity index (χ1) is 10.0. The average Bonchev–Trinajstić information content (AvgIpc) is 2.44. The van der Waals surface area contributed by atoms with Gasteiger partial charge in [-0.3, -0.25) is 9.97 Å². The summed E-state index contributed by atoms with van der Waals surface area (Å²) in [4.78, 5) is 18.9. The van der Waals surface area contributed by atoms with Crippen molar-refractivity contribution in [3.63, 3.8) is 0 Å². The molecule has 6 heteroatoms. The highest BCUT2D eigenvalue weighted by Gasteiger charge is 2.10. The fourth-order valence-corrected chi connectivity index (χ4v) is 3.21. The predicted molar refractivity (Wildman–Crippen MR) is 87.6 cm³/mol. The van der Waals surface area contributed by atoms with Gasteiger partial charge in [0.15, 0.2) is 5.16 Å². The maximum Gasteiger partial charge on any atom is 0.192 e. The molecular formula is C15H13BrN4S. The third-order valence-corrected chi connectivity index (χ3v) is 4.67. The van der Waals surface area contributed by atoms with Crippen LogP contribution in [-0.2, 0) is 0 Å². The van der Waals surface area contributed by atoms with Gasteiger partial charge >= 0.3 is 0 Å². The van der Waals surface area contributed by atoms with Gasteiger partial charge in [0.2, 0.25) is 0 Å². The second kappa shape index (κ2) is 5.69. The molecule has 0 amide bonds. The standard InChI is InChI=1S/C15H13BrN4S/c1-8-9(2)19-15(20-10(8)3)21-13-4-5-17-12-6-11(16)7-18-14(12)13/h4-7H,1-3H3. The quantitative estimate of drug-likeness (QED) is 0.639. The van der Waals surface area contributed by atoms with Crippen LogP contribution in [0.2, 0.25) is 0 Å². The molecule has 0 aliphatic rings. The van der Waals surface area contributed by atoms with Gasteiger partial charge in [-0.25, -0.2) is 9.97 Å². The summed E-state index contributed by atoms with van der Waals surface area (Å²) >= 11 is 4.94. The third kappa shape index (κ3) is 2.91. The number of hydrogen-bond donors (Lipinski definition) is 0. The molecule has 3 heterocycles. The van der Waals surface area contributed by atoms with Crippen LogP contribution in [0.4, 0.5) is 0 Å². The van der Waals surface area contributed by atoms with Crippen LogP contribution in [0.15, 0.2) is 39.1 Å². The van der Waals surface area contributed by atoms with Gasteiger partial charge in [-0.05, 0) is 66.2 Å². The zero-order valence-electron chi connectivity index (χ0n) is 11.9. The molecule has 3 rings (SSSR count). The van der Waals surface area contributed by atoms with Crippen molar-refractivity contribution in [1.82, 2.24) is 19.9 Å². The Balaban J connectivity index is 2.06. The summed E-state index contributed by atoms with van der Waals surface area (Å²) in [5.74, 6) is 0. The van der Waals surface area contributed by atoms with Crippen molar-refractivity contribution in [1.29, 1.82) is 0 Å². The first-order valence-electron chi connectivity index (χ1n) is 6.44. The minimum Gasteiger partial charge on any atom is -0.254 e. The molecule has 106 valence electrons. The van der Waals surface area contributed by atoms with Gasteiger partial charge in [0.25, 0.3) is 0 Å². The molecule has 0 unspecified atom stereocenters. The molecule has 0 aliphatic carbocycles. The van der Waals surface area contributed by atoms with Gasteiger partial charge in [-0.15, -0.1) is 0 Å². The van der Waals surface area contributed by atoms with Crippen LogP contribution in [0.25, 0.3) is 11.0 Å². The summed E-state index contributed by atoms with van der Waals surface area (Å²) in [6, 6.07) is 3.90. The zero-order valence-corrected chi connectivity index (χ0v) is 14.3. The Labute approximate surface area is 135 Å². The van der Waals surface area contributed by atoms with Crippen molar-refractivity contribution in [2.45, 2.75) is 30.8 Å². The largest absolute Gasteiger partial charge is 0.254 e. The van der Waals surface area contributed by atoms with Gasteiger partial charge in [-0.2, -0.15) is 0 Å². The first kappa shape index (κ1) is 14.4. The Morgan fingerprint density at radius 2 is 1.76 bits per heavy atom. The molecule has 0 N–H and O–H groups in total. The van der Waals surface area contributed by atoms with Gasteiger partial charge in [0.1, 0.15) is 5.52 Å². The topological polar surface area (TPSA) is 51.6 Å². The summed E-state index contributed by atoms with van der Waals surface area (Å²) in [7, 11) is 0. The molecule has 0 bridgehead atoms. The normalized spacial score (nSPS) is 11.0. The van der Waals surface area contributed by atoms with Crippen molar-refractivity contribution in [3.05, 3.63) is 46.0 Å². The number of halogens is 1. The molecule has 0 atom stereocenters. The summed E-state index contributed by atoms with van der Waals surface area (Å²) in [5.41, 5.74) is 4.89. The van der Waals surface area contributed by atoms with Gasteiger partial charge in [-0.1, -0.05) is 0 Å². The van der Waals surface area contributed by atoms with Crippen LogP contribution in [0.5, 0.6) is 0 Å². The van der Waals surface area contributed by atoms with Gasteiger partial charge < -0.3 is 0 Å². The monoisotopic (exact) mass is 360 g/mol. The smallest absolute Gasteiger partial charge is 0.192 e. The van der Waals surface area contributed by atoms with Crippen molar-refractivity contribution >= 4 is 38.7 Å². The van der Waals surface area contributed by atoms with E-state index in [0.717, 1.165) is 42.5 Å². The molecule has 3 aromatic rings. The molecule has 21 heavy (non-hydrogen) atoms. The van der Waals surface area contributed by atoms with Crippen LogP contribution in [0.3, 0.4) is 0 Å². The fourth-order valence-electron chi connectivity index (χ4n) is 1.95. The summed E-state index contributed by atoms with van der Waals surface area (Å²) in [6.07, 6.45) is 3.56. The SMILES string of the molecule is Cc1nc(Sc2ccnc3cc(Br)cnc23)nc(C)c1C. The Hall–Kier alpha value is -1.53. The number of rotatable bonds is 2. The molecule has 0 saturated carbocycles. The zero-order chi connectivity index (χ0) is 15.0. The van der Waals surface area contributed by atoms with Crippen molar-refractivity contribution in [2.24, 2.45) is 0 Å². The summed E-state index contributed by atoms with van der Waals surface area (Å²) < 4.78 is 0.919. The highest BCUT2D eigenvalue weighted by molar-refractivity contribution is 9.10. The lowest BCUT2D eigenvalue weighted by molar-refractivity contribution is 0.881. The maximum atomic E-state index is 4.55. The van der Waals surface area contributed by atoms with E-state index in [1.165, 1.54) is 11.8 Å². The lowest BCUT2D eigenvalue weighted by Crippen LogP contribution is -1.98. The van der Waals surface area contributed by atoms with Crippen molar-refractivity contribution in [2.75, 3.05) is 0 Å². The van der Waals surface area contributed by atoms with E-state index in [4.69, 9.17) is 0 Å². The predicted octanol–water partition coefficient (Wildman–Crippen LogP) is 4.26. The molecule has 0 saturated heterocycles. The molecule has 0 spiro atoms. The summed E-state index contributed by atoms with van der Waals surface area (Å²) in [6.45, 7) is 6.06. The highest BCUT2D eigenvalue weighted by Crippen LogP contribution is 2.31. The number of aromatic nitrogens is 4. The number of pyridine rings is 2. The van der Waals surface area contributed by atoms with E-state index in [-0.39, 0.29) is 0 Å². The van der Waals surface area contributed by atoms with Crippen molar-refractivity contribution in [3.8, 4) is 0 Å². The van der Waals surface area contributed by atoms with Crippen LogP contribution in [-0.4, -0.2) is 19.9 Å². The van der Waals surface area contributed by atoms with E-state index >= 15 is 0 Å². The minimum atomic E-state index is 0.743. The average molecular weight is 361 g/mol. The molecule has 0 aliphatic heterocycles. The fraction of sp³-hybridized carbons (Fsp3) is 0.200. The van der Waals surface area contributed by atoms with E-state index in [9.17, 15) is 0 Å². The van der Waals surface area contributed by atoms with E-state index in [1.54, 1.807) is 12.4 Å².